The molecule has 0 saturated heterocycles. The topological polar surface area (TPSA) is 77.8 Å². The Bertz CT molecular complexity index is 516. The minimum absolute atomic E-state index is 0.280. The summed E-state index contributed by atoms with van der Waals surface area (Å²) in [6.45, 7) is 4.00. The molecular weight excluding hydrogens is 212 g/mol. The first kappa shape index (κ1) is 11.5. The molecule has 1 atom stereocenters. The third kappa shape index (κ3) is 2.12. The van der Waals surface area contributed by atoms with Crippen molar-refractivity contribution in [3.05, 3.63) is 53.0 Å². The zero-order valence-corrected chi connectivity index (χ0v) is 10.0. The Morgan fingerprint density at radius 1 is 1.12 bits per heavy atom. The van der Waals surface area contributed by atoms with E-state index in [-0.39, 0.29) is 6.04 Å². The first-order chi connectivity index (χ1) is 8.11. The van der Waals surface area contributed by atoms with Gasteiger partial charge in [0.1, 0.15) is 5.82 Å². The summed E-state index contributed by atoms with van der Waals surface area (Å²) in [7, 11) is 0. The highest BCUT2D eigenvalue weighted by molar-refractivity contribution is 5.50. The van der Waals surface area contributed by atoms with Crippen LogP contribution in [0.1, 0.15) is 28.3 Å². The summed E-state index contributed by atoms with van der Waals surface area (Å²) in [6, 6.07) is 3.58. The number of rotatable bonds is 2. The fourth-order valence-corrected chi connectivity index (χ4v) is 1.95. The fraction of sp³-hybridized carbons (Fsp3) is 0.231. The van der Waals surface area contributed by atoms with Gasteiger partial charge in [0.05, 0.1) is 6.04 Å². The van der Waals surface area contributed by atoms with Crippen LogP contribution in [0.5, 0.6) is 0 Å². The van der Waals surface area contributed by atoms with Crippen molar-refractivity contribution in [1.29, 1.82) is 0 Å². The minimum atomic E-state index is -0.280. The number of nitrogens with two attached hydrogens (primary N) is 2. The van der Waals surface area contributed by atoms with Crippen molar-refractivity contribution in [2.24, 2.45) is 5.73 Å². The fourth-order valence-electron chi connectivity index (χ4n) is 1.95. The van der Waals surface area contributed by atoms with Crippen molar-refractivity contribution in [2.45, 2.75) is 19.9 Å². The van der Waals surface area contributed by atoms with Gasteiger partial charge in [-0.2, -0.15) is 0 Å². The van der Waals surface area contributed by atoms with Gasteiger partial charge in [-0.3, -0.25) is 4.98 Å². The van der Waals surface area contributed by atoms with Crippen LogP contribution in [0.15, 0.2) is 30.7 Å². The number of hydrogen-bond acceptors (Lipinski definition) is 4. The van der Waals surface area contributed by atoms with E-state index < -0.39 is 0 Å². The van der Waals surface area contributed by atoms with Gasteiger partial charge in [0, 0.05) is 24.2 Å². The molecule has 0 spiro atoms. The zero-order valence-electron chi connectivity index (χ0n) is 10.0. The number of aryl methyl sites for hydroxylation is 2. The Hall–Kier alpha value is -1.94. The Morgan fingerprint density at radius 2 is 1.82 bits per heavy atom. The summed E-state index contributed by atoms with van der Waals surface area (Å²) in [5.41, 5.74) is 16.2. The highest BCUT2D eigenvalue weighted by Gasteiger charge is 2.17. The molecule has 0 aliphatic carbocycles. The normalized spacial score (nSPS) is 12.4. The third-order valence-corrected chi connectivity index (χ3v) is 2.96. The van der Waals surface area contributed by atoms with Gasteiger partial charge < -0.3 is 11.5 Å². The van der Waals surface area contributed by atoms with E-state index in [1.54, 1.807) is 18.6 Å². The number of nitrogen functional groups attached to an aromatic ring is 1. The lowest BCUT2D eigenvalue weighted by atomic mass is 9.95. The van der Waals surface area contributed by atoms with Crippen molar-refractivity contribution >= 4 is 5.82 Å². The van der Waals surface area contributed by atoms with Gasteiger partial charge in [0.15, 0.2) is 0 Å². The van der Waals surface area contributed by atoms with Gasteiger partial charge in [0.25, 0.3) is 0 Å². The van der Waals surface area contributed by atoms with Gasteiger partial charge >= 0.3 is 0 Å². The van der Waals surface area contributed by atoms with Crippen LogP contribution in [0, 0.1) is 13.8 Å². The van der Waals surface area contributed by atoms with Gasteiger partial charge in [-0.25, -0.2) is 4.98 Å². The molecule has 4 heteroatoms. The van der Waals surface area contributed by atoms with Crippen LogP contribution in [-0.2, 0) is 0 Å². The maximum Gasteiger partial charge on any atom is 0.128 e. The number of anilines is 1. The highest BCUT2D eigenvalue weighted by atomic mass is 14.8. The second-order valence-corrected chi connectivity index (χ2v) is 4.14. The van der Waals surface area contributed by atoms with Crippen molar-refractivity contribution < 1.29 is 0 Å². The molecule has 17 heavy (non-hydrogen) atoms. The smallest absolute Gasteiger partial charge is 0.128 e. The number of hydrogen-bond donors (Lipinski definition) is 2. The Kier molecular flexibility index (Phi) is 3.06. The number of aromatic nitrogens is 2. The van der Waals surface area contributed by atoms with Crippen LogP contribution in [-0.4, -0.2) is 9.97 Å². The van der Waals surface area contributed by atoms with E-state index in [0.29, 0.717) is 5.82 Å². The molecule has 2 aromatic rings. The SMILES string of the molecule is Cc1ccncc1C(N)c1c(C)ccnc1N. The summed E-state index contributed by atoms with van der Waals surface area (Å²) in [5, 5.41) is 0. The lowest BCUT2D eigenvalue weighted by molar-refractivity contribution is 0.840. The molecule has 0 aliphatic heterocycles. The molecule has 2 rings (SSSR count). The van der Waals surface area contributed by atoms with Crippen molar-refractivity contribution in [2.75, 3.05) is 5.73 Å². The summed E-state index contributed by atoms with van der Waals surface area (Å²) >= 11 is 0. The third-order valence-electron chi connectivity index (χ3n) is 2.96. The molecule has 0 bridgehead atoms. The quantitative estimate of drug-likeness (QED) is 0.820. The van der Waals surface area contributed by atoms with Gasteiger partial charge in [-0.1, -0.05) is 0 Å². The minimum Gasteiger partial charge on any atom is -0.383 e. The van der Waals surface area contributed by atoms with E-state index in [1.807, 2.05) is 26.0 Å². The molecule has 0 aromatic carbocycles. The van der Waals surface area contributed by atoms with Crippen LogP contribution in [0.4, 0.5) is 5.82 Å². The predicted molar refractivity (Wildman–Crippen MR) is 68.4 cm³/mol. The summed E-state index contributed by atoms with van der Waals surface area (Å²) < 4.78 is 0. The second-order valence-electron chi connectivity index (χ2n) is 4.14. The Morgan fingerprint density at radius 3 is 2.47 bits per heavy atom. The molecule has 0 fully saturated rings. The van der Waals surface area contributed by atoms with E-state index in [2.05, 4.69) is 9.97 Å². The first-order valence-corrected chi connectivity index (χ1v) is 5.48. The summed E-state index contributed by atoms with van der Waals surface area (Å²) in [4.78, 5) is 8.20. The molecular formula is C13H16N4. The van der Waals surface area contributed by atoms with E-state index >= 15 is 0 Å². The van der Waals surface area contributed by atoms with Crippen molar-refractivity contribution in [3.63, 3.8) is 0 Å². The van der Waals surface area contributed by atoms with E-state index in [1.165, 1.54) is 0 Å². The van der Waals surface area contributed by atoms with Crippen molar-refractivity contribution in [3.8, 4) is 0 Å². The predicted octanol–water partition coefficient (Wildman–Crippen LogP) is 1.72. The van der Waals surface area contributed by atoms with E-state index in [4.69, 9.17) is 11.5 Å². The molecule has 1 unspecified atom stereocenters. The van der Waals surface area contributed by atoms with Crippen molar-refractivity contribution in [1.82, 2.24) is 9.97 Å². The second kappa shape index (κ2) is 4.51. The van der Waals surface area contributed by atoms with Crippen LogP contribution in [0.25, 0.3) is 0 Å². The molecule has 2 heterocycles. The monoisotopic (exact) mass is 228 g/mol. The zero-order chi connectivity index (χ0) is 12.4. The van der Waals surface area contributed by atoms with E-state index in [9.17, 15) is 0 Å². The highest BCUT2D eigenvalue weighted by Crippen LogP contribution is 2.27. The maximum absolute atomic E-state index is 6.26. The van der Waals surface area contributed by atoms with E-state index in [0.717, 1.165) is 22.3 Å². The molecule has 0 radical (unpaired) electrons. The molecule has 88 valence electrons. The van der Waals surface area contributed by atoms with Crippen LogP contribution < -0.4 is 11.5 Å². The standard InChI is InChI=1S/C13H16N4/c1-8-3-5-16-7-10(8)12(14)11-9(2)4-6-17-13(11)15/h3-7,12H,14H2,1-2H3,(H2,15,17). The van der Waals surface area contributed by atoms with Crippen LogP contribution in [0.2, 0.25) is 0 Å². The maximum atomic E-state index is 6.26. The lowest BCUT2D eigenvalue weighted by Gasteiger charge is -2.18. The van der Waals surface area contributed by atoms with Crippen LogP contribution in [0.3, 0.4) is 0 Å². The van der Waals surface area contributed by atoms with Gasteiger partial charge in [0.2, 0.25) is 0 Å². The number of pyridine rings is 2. The average Bonchev–Trinajstić information content (AvgIpc) is 2.29. The molecule has 2 aromatic heterocycles. The molecule has 0 amide bonds. The number of nitrogens with zero attached hydrogens (tertiary/aromatic N) is 2. The largest absolute Gasteiger partial charge is 0.383 e. The van der Waals surface area contributed by atoms with Gasteiger partial charge in [-0.15, -0.1) is 0 Å². The Labute approximate surface area is 101 Å². The molecule has 0 aliphatic rings. The van der Waals surface area contributed by atoms with Gasteiger partial charge in [-0.05, 0) is 42.7 Å². The lowest BCUT2D eigenvalue weighted by Crippen LogP contribution is -2.17. The average molecular weight is 228 g/mol. The summed E-state index contributed by atoms with van der Waals surface area (Å²) in [6.07, 6.45) is 5.23. The molecule has 4 nitrogen and oxygen atoms in total. The molecule has 4 N–H and O–H groups in total. The first-order valence-electron chi connectivity index (χ1n) is 5.48. The van der Waals surface area contributed by atoms with Crippen LogP contribution >= 0.6 is 0 Å². The summed E-state index contributed by atoms with van der Waals surface area (Å²) in [5.74, 6) is 0.487. The molecule has 0 saturated carbocycles. The Balaban J connectivity index is 2.51.